The first-order valence-corrected chi connectivity index (χ1v) is 7.65. The van der Waals surface area contributed by atoms with Gasteiger partial charge in [0.2, 0.25) is 0 Å². The van der Waals surface area contributed by atoms with Crippen molar-refractivity contribution in [2.75, 3.05) is 11.9 Å². The molecule has 1 aliphatic rings. The van der Waals surface area contributed by atoms with Crippen LogP contribution in [-0.4, -0.2) is 11.5 Å². The van der Waals surface area contributed by atoms with E-state index in [0.717, 1.165) is 30.2 Å². The SMILES string of the molecule is CC(C)C.CC(C)c1ccc2cc3c(nc2c1)NCC3. The lowest BCUT2D eigenvalue weighted by Crippen LogP contribution is -1.94. The Hall–Kier alpha value is -1.57. The lowest BCUT2D eigenvalue weighted by molar-refractivity contribution is 0.737. The van der Waals surface area contributed by atoms with Gasteiger partial charge in [0.1, 0.15) is 5.82 Å². The van der Waals surface area contributed by atoms with E-state index < -0.39 is 0 Å². The van der Waals surface area contributed by atoms with Gasteiger partial charge in [-0.25, -0.2) is 4.98 Å². The zero-order chi connectivity index (χ0) is 14.7. The quantitative estimate of drug-likeness (QED) is 0.789. The van der Waals surface area contributed by atoms with Gasteiger partial charge in [-0.1, -0.05) is 46.8 Å². The van der Waals surface area contributed by atoms with E-state index in [-0.39, 0.29) is 0 Å². The molecular formula is C18H26N2. The van der Waals surface area contributed by atoms with Crippen molar-refractivity contribution in [3.63, 3.8) is 0 Å². The van der Waals surface area contributed by atoms with Crippen LogP contribution in [0.5, 0.6) is 0 Å². The van der Waals surface area contributed by atoms with Crippen LogP contribution in [0, 0.1) is 5.92 Å². The fraction of sp³-hybridized carbons (Fsp3) is 0.500. The van der Waals surface area contributed by atoms with Crippen LogP contribution in [0.4, 0.5) is 5.82 Å². The van der Waals surface area contributed by atoms with Gasteiger partial charge in [-0.15, -0.1) is 0 Å². The number of benzene rings is 1. The van der Waals surface area contributed by atoms with Crippen LogP contribution in [0.3, 0.4) is 0 Å². The maximum atomic E-state index is 4.69. The third-order valence-corrected chi connectivity index (χ3v) is 3.27. The molecule has 0 spiro atoms. The zero-order valence-electron chi connectivity index (χ0n) is 13.3. The number of nitrogens with one attached hydrogen (secondary N) is 1. The average Bonchev–Trinajstić information content (AvgIpc) is 2.81. The molecule has 2 heterocycles. The minimum atomic E-state index is 0.562. The zero-order valence-corrected chi connectivity index (χ0v) is 13.3. The second-order valence-electron chi connectivity index (χ2n) is 6.51. The van der Waals surface area contributed by atoms with Crippen molar-refractivity contribution < 1.29 is 0 Å². The van der Waals surface area contributed by atoms with E-state index in [2.05, 4.69) is 69.2 Å². The average molecular weight is 270 g/mol. The summed E-state index contributed by atoms with van der Waals surface area (Å²) >= 11 is 0. The molecule has 0 bridgehead atoms. The Balaban J connectivity index is 0.000000328. The van der Waals surface area contributed by atoms with Crippen LogP contribution in [0.25, 0.3) is 10.9 Å². The predicted molar refractivity (Wildman–Crippen MR) is 88.5 cm³/mol. The lowest BCUT2D eigenvalue weighted by Gasteiger charge is -2.08. The van der Waals surface area contributed by atoms with Crippen molar-refractivity contribution in [1.29, 1.82) is 0 Å². The molecule has 0 saturated carbocycles. The predicted octanol–water partition coefficient (Wildman–Crippen LogP) is 4.99. The number of hydrogen-bond acceptors (Lipinski definition) is 2. The van der Waals surface area contributed by atoms with Gasteiger partial charge in [0, 0.05) is 11.9 Å². The second kappa shape index (κ2) is 6.25. The second-order valence-corrected chi connectivity index (χ2v) is 6.51. The van der Waals surface area contributed by atoms with Crippen LogP contribution in [0.1, 0.15) is 51.7 Å². The smallest absolute Gasteiger partial charge is 0.129 e. The molecule has 0 aliphatic carbocycles. The molecule has 2 aromatic rings. The molecule has 0 radical (unpaired) electrons. The van der Waals surface area contributed by atoms with Gasteiger partial charge in [-0.2, -0.15) is 0 Å². The van der Waals surface area contributed by atoms with Crippen LogP contribution in [0.15, 0.2) is 24.3 Å². The minimum absolute atomic E-state index is 0.562. The standard InChI is InChI=1S/C14H16N2.C4H10/c1-9(2)10-3-4-11-7-12-5-6-15-14(12)16-13(11)8-10;1-4(2)3/h3-4,7-9H,5-6H2,1-2H3,(H,15,16);4H,1-3H3. The number of rotatable bonds is 1. The highest BCUT2D eigenvalue weighted by Gasteiger charge is 2.12. The molecule has 0 saturated heterocycles. The van der Waals surface area contributed by atoms with Gasteiger partial charge in [0.25, 0.3) is 0 Å². The summed E-state index contributed by atoms with van der Waals surface area (Å²) in [5, 5.41) is 4.59. The molecule has 0 fully saturated rings. The van der Waals surface area contributed by atoms with Gasteiger partial charge in [-0.3, -0.25) is 0 Å². The highest BCUT2D eigenvalue weighted by Crippen LogP contribution is 2.26. The maximum absolute atomic E-state index is 4.69. The summed E-state index contributed by atoms with van der Waals surface area (Å²) in [6.07, 6.45) is 1.10. The Bertz CT molecular complexity index is 582. The van der Waals surface area contributed by atoms with Crippen molar-refractivity contribution in [3.05, 3.63) is 35.4 Å². The molecule has 20 heavy (non-hydrogen) atoms. The van der Waals surface area contributed by atoms with Crippen LogP contribution >= 0.6 is 0 Å². The van der Waals surface area contributed by atoms with E-state index >= 15 is 0 Å². The first-order valence-electron chi connectivity index (χ1n) is 7.65. The van der Waals surface area contributed by atoms with E-state index in [1.165, 1.54) is 16.5 Å². The third-order valence-electron chi connectivity index (χ3n) is 3.27. The lowest BCUT2D eigenvalue weighted by atomic mass is 10.0. The molecule has 0 atom stereocenters. The molecule has 1 aromatic carbocycles. The van der Waals surface area contributed by atoms with Crippen molar-refractivity contribution in [3.8, 4) is 0 Å². The first-order chi connectivity index (χ1) is 9.47. The summed E-state index contributed by atoms with van der Waals surface area (Å²) in [5.41, 5.74) is 3.82. The molecule has 2 nitrogen and oxygen atoms in total. The topological polar surface area (TPSA) is 24.9 Å². The van der Waals surface area contributed by atoms with Crippen molar-refractivity contribution in [2.45, 2.75) is 47.0 Å². The number of pyridine rings is 1. The van der Waals surface area contributed by atoms with Crippen LogP contribution in [-0.2, 0) is 6.42 Å². The Labute approximate surface area is 122 Å². The summed E-state index contributed by atoms with van der Waals surface area (Å²) in [6.45, 7) is 12.0. The highest BCUT2D eigenvalue weighted by atomic mass is 15.0. The summed E-state index contributed by atoms with van der Waals surface area (Å²) in [4.78, 5) is 4.69. The summed E-state index contributed by atoms with van der Waals surface area (Å²) in [6, 6.07) is 8.88. The normalized spacial score (nSPS) is 13.2. The van der Waals surface area contributed by atoms with Gasteiger partial charge >= 0.3 is 0 Å². The largest absolute Gasteiger partial charge is 0.369 e. The van der Waals surface area contributed by atoms with E-state index in [4.69, 9.17) is 0 Å². The molecule has 1 aromatic heterocycles. The van der Waals surface area contributed by atoms with E-state index in [0.29, 0.717) is 5.92 Å². The van der Waals surface area contributed by atoms with E-state index in [9.17, 15) is 0 Å². The number of anilines is 1. The monoisotopic (exact) mass is 270 g/mol. The van der Waals surface area contributed by atoms with Crippen molar-refractivity contribution in [1.82, 2.24) is 4.98 Å². The van der Waals surface area contributed by atoms with Crippen LogP contribution < -0.4 is 5.32 Å². The Kier molecular flexibility index (Phi) is 4.64. The Morgan fingerprint density at radius 3 is 2.40 bits per heavy atom. The van der Waals surface area contributed by atoms with Gasteiger partial charge < -0.3 is 5.32 Å². The van der Waals surface area contributed by atoms with Gasteiger partial charge in [0.15, 0.2) is 0 Å². The number of nitrogens with zero attached hydrogens (tertiary/aromatic N) is 1. The number of aromatic nitrogens is 1. The molecule has 0 amide bonds. The molecule has 2 heteroatoms. The molecule has 1 aliphatic heterocycles. The Morgan fingerprint density at radius 1 is 1.05 bits per heavy atom. The molecule has 108 valence electrons. The van der Waals surface area contributed by atoms with Crippen molar-refractivity contribution >= 4 is 16.7 Å². The van der Waals surface area contributed by atoms with Crippen molar-refractivity contribution in [2.24, 2.45) is 5.92 Å². The minimum Gasteiger partial charge on any atom is -0.369 e. The highest BCUT2D eigenvalue weighted by molar-refractivity contribution is 5.83. The number of fused-ring (bicyclic) bond motifs is 2. The fourth-order valence-electron chi connectivity index (χ4n) is 2.25. The van der Waals surface area contributed by atoms with Gasteiger partial charge in [0.05, 0.1) is 5.52 Å². The van der Waals surface area contributed by atoms with Gasteiger partial charge in [-0.05, 0) is 41.5 Å². The summed E-state index contributed by atoms with van der Waals surface area (Å²) < 4.78 is 0. The maximum Gasteiger partial charge on any atom is 0.129 e. The van der Waals surface area contributed by atoms with Crippen LogP contribution in [0.2, 0.25) is 0 Å². The molecule has 1 N–H and O–H groups in total. The number of hydrogen-bond donors (Lipinski definition) is 1. The third kappa shape index (κ3) is 3.50. The summed E-state index contributed by atoms with van der Waals surface area (Å²) in [5.74, 6) is 2.47. The molecular weight excluding hydrogens is 244 g/mol. The molecule has 3 rings (SSSR count). The molecule has 0 unspecified atom stereocenters. The first kappa shape index (κ1) is 14.8. The fourth-order valence-corrected chi connectivity index (χ4v) is 2.25. The Morgan fingerprint density at radius 2 is 1.75 bits per heavy atom. The van der Waals surface area contributed by atoms with E-state index in [1.807, 2.05) is 0 Å². The van der Waals surface area contributed by atoms with E-state index in [1.54, 1.807) is 0 Å². The summed E-state index contributed by atoms with van der Waals surface area (Å²) in [7, 11) is 0.